The van der Waals surface area contributed by atoms with Crippen LogP contribution in [-0.2, 0) is 14.3 Å². The average molecular weight is 346 g/mol. The summed E-state index contributed by atoms with van der Waals surface area (Å²) in [5.74, 6) is -2.03. The van der Waals surface area contributed by atoms with Crippen molar-refractivity contribution in [3.63, 3.8) is 0 Å². The Labute approximate surface area is 140 Å². The monoisotopic (exact) mass is 345 g/mol. The van der Waals surface area contributed by atoms with E-state index in [-0.39, 0.29) is 0 Å². The van der Waals surface area contributed by atoms with Gasteiger partial charge in [0.1, 0.15) is 12.2 Å². The first-order valence-electron chi connectivity index (χ1n) is 7.24. The van der Waals surface area contributed by atoms with Gasteiger partial charge in [0.25, 0.3) is 0 Å². The van der Waals surface area contributed by atoms with Crippen LogP contribution in [-0.4, -0.2) is 24.9 Å². The van der Waals surface area contributed by atoms with Crippen molar-refractivity contribution in [2.75, 3.05) is 6.61 Å². The van der Waals surface area contributed by atoms with Gasteiger partial charge >= 0.3 is 5.97 Å². The van der Waals surface area contributed by atoms with Crippen molar-refractivity contribution in [2.24, 2.45) is 11.7 Å². The SMILES string of the molecule is CCCCOC(=O)C(C=O)[C@@H](c1ccc(Cl)c(Cl)c1)C(C)N. The fourth-order valence-electron chi connectivity index (χ4n) is 2.26. The fraction of sp³-hybridized carbons (Fsp3) is 0.500. The Morgan fingerprint density at radius 1 is 1.36 bits per heavy atom. The molecule has 0 aliphatic carbocycles. The highest BCUT2D eigenvalue weighted by Gasteiger charge is 2.33. The summed E-state index contributed by atoms with van der Waals surface area (Å²) in [6, 6.07) is 4.55. The zero-order chi connectivity index (χ0) is 16.7. The number of ether oxygens (including phenoxy) is 1. The van der Waals surface area contributed by atoms with E-state index >= 15 is 0 Å². The molecule has 0 radical (unpaired) electrons. The van der Waals surface area contributed by atoms with Crippen molar-refractivity contribution < 1.29 is 14.3 Å². The predicted molar refractivity (Wildman–Crippen MR) is 88.3 cm³/mol. The summed E-state index contributed by atoms with van der Waals surface area (Å²) in [4.78, 5) is 23.6. The zero-order valence-electron chi connectivity index (χ0n) is 12.7. The van der Waals surface area contributed by atoms with Crippen LogP contribution in [0.4, 0.5) is 0 Å². The number of unbranched alkanes of at least 4 members (excludes halogenated alkanes) is 1. The molecule has 0 fully saturated rings. The molecule has 0 amide bonds. The van der Waals surface area contributed by atoms with Crippen molar-refractivity contribution in [1.29, 1.82) is 0 Å². The summed E-state index contributed by atoms with van der Waals surface area (Å²) in [6.07, 6.45) is 2.25. The summed E-state index contributed by atoms with van der Waals surface area (Å²) < 4.78 is 5.16. The van der Waals surface area contributed by atoms with Gasteiger partial charge in [-0.1, -0.05) is 42.6 Å². The topological polar surface area (TPSA) is 69.4 Å². The van der Waals surface area contributed by atoms with Gasteiger partial charge in [0, 0.05) is 12.0 Å². The lowest BCUT2D eigenvalue weighted by Crippen LogP contribution is -2.36. The molecule has 122 valence electrons. The molecule has 4 nitrogen and oxygen atoms in total. The molecule has 1 aromatic carbocycles. The fourth-order valence-corrected chi connectivity index (χ4v) is 2.56. The van der Waals surface area contributed by atoms with E-state index in [0.717, 1.165) is 12.8 Å². The Balaban J connectivity index is 3.02. The molecule has 0 saturated heterocycles. The van der Waals surface area contributed by atoms with Crippen molar-refractivity contribution in [3.8, 4) is 0 Å². The minimum absolute atomic E-state index is 0.298. The largest absolute Gasteiger partial charge is 0.465 e. The second-order valence-electron chi connectivity index (χ2n) is 5.24. The van der Waals surface area contributed by atoms with Gasteiger partial charge in [-0.3, -0.25) is 4.79 Å². The zero-order valence-corrected chi connectivity index (χ0v) is 14.2. The van der Waals surface area contributed by atoms with Crippen LogP contribution in [0, 0.1) is 5.92 Å². The van der Waals surface area contributed by atoms with Gasteiger partial charge in [0.15, 0.2) is 0 Å². The predicted octanol–water partition coefficient (Wildman–Crippen LogP) is 3.58. The van der Waals surface area contributed by atoms with Gasteiger partial charge in [-0.05, 0) is 31.0 Å². The number of rotatable bonds is 8. The number of hydrogen-bond donors (Lipinski definition) is 1. The van der Waals surface area contributed by atoms with Crippen LogP contribution in [0.2, 0.25) is 10.0 Å². The molecule has 1 aromatic rings. The van der Waals surface area contributed by atoms with Gasteiger partial charge in [-0.2, -0.15) is 0 Å². The van der Waals surface area contributed by atoms with Crippen molar-refractivity contribution in [3.05, 3.63) is 33.8 Å². The van der Waals surface area contributed by atoms with Crippen LogP contribution >= 0.6 is 23.2 Å². The Morgan fingerprint density at radius 3 is 2.55 bits per heavy atom. The maximum absolute atomic E-state index is 12.2. The van der Waals surface area contributed by atoms with Gasteiger partial charge < -0.3 is 15.3 Å². The maximum Gasteiger partial charge on any atom is 0.316 e. The number of aldehydes is 1. The standard InChI is InChI=1S/C16H21Cl2NO3/c1-3-4-7-22-16(21)12(9-20)15(10(2)19)11-5-6-13(17)14(18)8-11/h5-6,8-10,12,15H,3-4,7,19H2,1-2H3/t10?,12?,15-/m1/s1. The second kappa shape index (κ2) is 9.13. The molecule has 0 aliphatic heterocycles. The third kappa shape index (κ3) is 4.97. The summed E-state index contributed by atoms with van der Waals surface area (Å²) in [7, 11) is 0. The molecular weight excluding hydrogens is 325 g/mol. The first-order chi connectivity index (χ1) is 10.4. The molecule has 3 atom stereocenters. The first-order valence-corrected chi connectivity index (χ1v) is 8.00. The van der Waals surface area contributed by atoms with E-state index in [1.54, 1.807) is 25.1 Å². The molecule has 0 spiro atoms. The van der Waals surface area contributed by atoms with E-state index in [2.05, 4.69) is 0 Å². The molecule has 2 unspecified atom stereocenters. The number of nitrogens with two attached hydrogens (primary N) is 1. The quantitative estimate of drug-likeness (QED) is 0.338. The lowest BCUT2D eigenvalue weighted by atomic mass is 9.82. The summed E-state index contributed by atoms with van der Waals surface area (Å²) >= 11 is 11.9. The van der Waals surface area contributed by atoms with Gasteiger partial charge in [0.05, 0.1) is 16.7 Å². The summed E-state index contributed by atoms with van der Waals surface area (Å²) in [5.41, 5.74) is 6.67. The highest BCUT2D eigenvalue weighted by molar-refractivity contribution is 6.42. The lowest BCUT2D eigenvalue weighted by molar-refractivity contribution is -0.151. The number of carbonyl (C=O) groups is 2. The van der Waals surface area contributed by atoms with Crippen LogP contribution in [0.25, 0.3) is 0 Å². The third-order valence-corrected chi connectivity index (χ3v) is 4.18. The number of esters is 1. The van der Waals surface area contributed by atoms with E-state index in [0.29, 0.717) is 28.5 Å². The third-order valence-electron chi connectivity index (χ3n) is 3.44. The highest BCUT2D eigenvalue weighted by atomic mass is 35.5. The molecular formula is C16H21Cl2NO3. The highest BCUT2D eigenvalue weighted by Crippen LogP contribution is 2.32. The molecule has 0 heterocycles. The Morgan fingerprint density at radius 2 is 2.05 bits per heavy atom. The number of benzene rings is 1. The van der Waals surface area contributed by atoms with Crippen LogP contribution < -0.4 is 5.73 Å². The Bertz CT molecular complexity index is 520. The Kier molecular flexibility index (Phi) is 7.87. The van der Waals surface area contributed by atoms with Crippen LogP contribution in [0.3, 0.4) is 0 Å². The van der Waals surface area contributed by atoms with E-state index in [1.807, 2.05) is 6.92 Å². The summed E-state index contributed by atoms with van der Waals surface area (Å²) in [5, 5.41) is 0.760. The van der Waals surface area contributed by atoms with E-state index in [4.69, 9.17) is 33.7 Å². The molecule has 1 rings (SSSR count). The summed E-state index contributed by atoms with van der Waals surface area (Å²) in [6.45, 7) is 4.03. The number of halogens is 2. The average Bonchev–Trinajstić information content (AvgIpc) is 2.47. The van der Waals surface area contributed by atoms with Crippen molar-refractivity contribution in [1.82, 2.24) is 0 Å². The van der Waals surface area contributed by atoms with E-state index in [9.17, 15) is 9.59 Å². The van der Waals surface area contributed by atoms with Gasteiger partial charge in [-0.15, -0.1) is 0 Å². The normalized spacial score (nSPS) is 15.0. The van der Waals surface area contributed by atoms with Gasteiger partial charge in [-0.25, -0.2) is 0 Å². The second-order valence-corrected chi connectivity index (χ2v) is 6.06. The molecule has 6 heteroatoms. The number of hydrogen-bond acceptors (Lipinski definition) is 4. The van der Waals surface area contributed by atoms with E-state index in [1.165, 1.54) is 0 Å². The van der Waals surface area contributed by atoms with Gasteiger partial charge in [0.2, 0.25) is 0 Å². The van der Waals surface area contributed by atoms with Crippen molar-refractivity contribution in [2.45, 2.75) is 38.6 Å². The van der Waals surface area contributed by atoms with Crippen LogP contribution in [0.5, 0.6) is 0 Å². The first kappa shape index (κ1) is 18.9. The molecule has 0 aliphatic rings. The molecule has 2 N–H and O–H groups in total. The van der Waals surface area contributed by atoms with Crippen LogP contribution in [0.15, 0.2) is 18.2 Å². The maximum atomic E-state index is 12.2. The van der Waals surface area contributed by atoms with E-state index < -0.39 is 23.8 Å². The molecule has 0 saturated carbocycles. The Hall–Kier alpha value is -1.10. The lowest BCUT2D eigenvalue weighted by Gasteiger charge is -2.26. The van der Waals surface area contributed by atoms with Crippen LogP contribution in [0.1, 0.15) is 38.2 Å². The molecule has 22 heavy (non-hydrogen) atoms. The molecule has 0 aromatic heterocycles. The smallest absolute Gasteiger partial charge is 0.316 e. The molecule has 0 bridgehead atoms. The number of carbonyl (C=O) groups excluding carboxylic acids is 2. The van der Waals surface area contributed by atoms with Crippen molar-refractivity contribution >= 4 is 35.5 Å². The minimum atomic E-state index is -0.964. The minimum Gasteiger partial charge on any atom is -0.465 e.